The van der Waals surface area contributed by atoms with Gasteiger partial charge in [0.05, 0.1) is 0 Å². The van der Waals surface area contributed by atoms with Crippen LogP contribution in [0.3, 0.4) is 0 Å². The average molecular weight is 422 g/mol. The van der Waals surface area contributed by atoms with Gasteiger partial charge in [-0.15, -0.1) is 25.3 Å². The van der Waals surface area contributed by atoms with E-state index in [0.717, 1.165) is 30.8 Å². The van der Waals surface area contributed by atoms with Gasteiger partial charge in [-0.3, -0.25) is 0 Å². The first-order chi connectivity index (χ1) is 7.54. The molecule has 0 aliphatic rings. The Labute approximate surface area is 168 Å². The van der Waals surface area contributed by atoms with E-state index in [9.17, 15) is 4.79 Å². The quantitative estimate of drug-likeness (QED) is 0.476. The van der Waals surface area contributed by atoms with Crippen LogP contribution >= 0.6 is 12.2 Å². The molecule has 0 rings (SSSR count). The Balaban J connectivity index is -0.0000000980. The zero-order valence-corrected chi connectivity index (χ0v) is 18.6. The summed E-state index contributed by atoms with van der Waals surface area (Å²) in [7, 11) is 0. The van der Waals surface area contributed by atoms with Gasteiger partial charge in [0.2, 0.25) is 0 Å². The monoisotopic (exact) mass is 422 g/mol. The summed E-state index contributed by atoms with van der Waals surface area (Å²) in [6.07, 6.45) is 4.50. The van der Waals surface area contributed by atoms with Gasteiger partial charge in [-0.25, -0.2) is 0 Å². The van der Waals surface area contributed by atoms with E-state index in [1.54, 1.807) is 0 Å². The number of thiocarbonyl (C=S) groups is 1. The summed E-state index contributed by atoms with van der Waals surface area (Å²) in [4.78, 5) is 10.9. The molecule has 0 unspecified atom stereocenters. The number of carbonyl (C=O) groups is 1. The molecule has 0 aromatic carbocycles. The van der Waals surface area contributed by atoms with Crippen LogP contribution in [0.15, 0.2) is 0 Å². The fourth-order valence-corrected chi connectivity index (χ4v) is 0.881. The SMILES string of the molecule is CCCC[N-]C(C)=O.CCCC[N-]C(C)=S.[Y].[Y]. The van der Waals surface area contributed by atoms with Crippen LogP contribution < -0.4 is 0 Å². The summed E-state index contributed by atoms with van der Waals surface area (Å²) in [6, 6.07) is 0. The standard InChI is InChI=1S/C6H13NO.C6H13NS.2Y/c2*1-3-4-5-7-6(2)8;;/h2*3-5H2,1-2H3,(H,7,8);;/p-2. The van der Waals surface area contributed by atoms with Gasteiger partial charge in [-0.1, -0.05) is 51.4 Å². The first kappa shape index (κ1) is 27.8. The largest absolute Gasteiger partial charge is 0.679 e. The maximum Gasteiger partial charge on any atom is 0.0479 e. The Morgan fingerprint density at radius 2 is 1.33 bits per heavy atom. The minimum absolute atomic E-state index is 0. The van der Waals surface area contributed by atoms with E-state index in [4.69, 9.17) is 12.2 Å². The van der Waals surface area contributed by atoms with Crippen LogP contribution in [0.1, 0.15) is 53.4 Å². The molecule has 0 heterocycles. The van der Waals surface area contributed by atoms with Gasteiger partial charge in [-0.05, 0) is 6.92 Å². The van der Waals surface area contributed by atoms with Crippen molar-refractivity contribution in [3.05, 3.63) is 10.6 Å². The van der Waals surface area contributed by atoms with Crippen molar-refractivity contribution in [3.63, 3.8) is 0 Å². The van der Waals surface area contributed by atoms with E-state index < -0.39 is 0 Å². The zero-order valence-electron chi connectivity index (χ0n) is 12.1. The van der Waals surface area contributed by atoms with Crippen molar-refractivity contribution < 1.29 is 70.2 Å². The minimum Gasteiger partial charge on any atom is -0.679 e. The van der Waals surface area contributed by atoms with Gasteiger partial charge in [0, 0.05) is 71.3 Å². The molecule has 102 valence electrons. The van der Waals surface area contributed by atoms with Gasteiger partial charge in [0.1, 0.15) is 0 Å². The van der Waals surface area contributed by atoms with E-state index in [1.807, 2.05) is 6.92 Å². The van der Waals surface area contributed by atoms with Crippen LogP contribution in [0.25, 0.3) is 10.6 Å². The van der Waals surface area contributed by atoms with Crippen molar-refractivity contribution in [1.82, 2.24) is 0 Å². The fraction of sp³-hybridized carbons (Fsp3) is 0.833. The molecule has 6 heteroatoms. The van der Waals surface area contributed by atoms with E-state index in [1.165, 1.54) is 13.3 Å². The molecule has 0 aliphatic carbocycles. The summed E-state index contributed by atoms with van der Waals surface area (Å²) in [5, 5.41) is 7.72. The molecule has 0 atom stereocenters. The molecular formula is C12H24N2OSY2-2. The number of hydrogen-bond acceptors (Lipinski definition) is 2. The third-order valence-electron chi connectivity index (χ3n) is 1.69. The molecule has 2 radical (unpaired) electrons. The first-order valence-corrected chi connectivity index (χ1v) is 6.31. The van der Waals surface area contributed by atoms with Crippen molar-refractivity contribution in [1.29, 1.82) is 0 Å². The van der Waals surface area contributed by atoms with Gasteiger partial charge < -0.3 is 15.4 Å². The second-order valence-electron chi connectivity index (χ2n) is 3.51. The second-order valence-corrected chi connectivity index (χ2v) is 4.10. The van der Waals surface area contributed by atoms with Crippen LogP contribution in [0, 0.1) is 0 Å². The number of amides is 1. The number of nitrogens with zero attached hydrogens (tertiary/aromatic N) is 2. The molecule has 3 nitrogen and oxygen atoms in total. The maximum atomic E-state index is 10.2. The van der Waals surface area contributed by atoms with Gasteiger partial charge >= 0.3 is 0 Å². The third kappa shape index (κ3) is 36.0. The predicted octanol–water partition coefficient (Wildman–Crippen LogP) is 4.21. The summed E-state index contributed by atoms with van der Waals surface area (Å²) in [5.74, 6) is -0.0570. The summed E-state index contributed by atoms with van der Waals surface area (Å²) in [6.45, 7) is 9.17. The molecule has 0 aliphatic heterocycles. The van der Waals surface area contributed by atoms with Crippen molar-refractivity contribution in [2.75, 3.05) is 13.1 Å². The van der Waals surface area contributed by atoms with Crippen molar-refractivity contribution >= 4 is 23.1 Å². The van der Waals surface area contributed by atoms with Crippen LogP contribution in [-0.4, -0.2) is 24.0 Å². The third-order valence-corrected chi connectivity index (χ3v) is 1.82. The molecule has 0 aromatic heterocycles. The molecule has 18 heavy (non-hydrogen) atoms. The second kappa shape index (κ2) is 23.6. The van der Waals surface area contributed by atoms with E-state index in [-0.39, 0.29) is 71.3 Å². The summed E-state index contributed by atoms with van der Waals surface area (Å²) >= 11 is 4.74. The first-order valence-electron chi connectivity index (χ1n) is 5.90. The fourth-order valence-electron chi connectivity index (χ4n) is 0.789. The van der Waals surface area contributed by atoms with Crippen molar-refractivity contribution in [2.24, 2.45) is 0 Å². The van der Waals surface area contributed by atoms with E-state index in [2.05, 4.69) is 24.5 Å². The topological polar surface area (TPSA) is 45.3 Å². The number of hydrogen-bond donors (Lipinski definition) is 0. The Kier molecular flexibility index (Phi) is 36.6. The van der Waals surface area contributed by atoms with E-state index >= 15 is 0 Å². The molecule has 0 N–H and O–H groups in total. The molecule has 1 amide bonds. The number of unbranched alkanes of at least 4 members (excludes halogenated alkanes) is 2. The van der Waals surface area contributed by atoms with Crippen molar-refractivity contribution in [2.45, 2.75) is 53.4 Å². The smallest absolute Gasteiger partial charge is 0.0479 e. The van der Waals surface area contributed by atoms with Gasteiger partial charge in [0.25, 0.3) is 0 Å². The Bertz CT molecular complexity index is 173. The molecule has 0 bridgehead atoms. The van der Waals surface area contributed by atoms with Crippen LogP contribution in [0.2, 0.25) is 0 Å². The van der Waals surface area contributed by atoms with Crippen LogP contribution in [0.5, 0.6) is 0 Å². The van der Waals surface area contributed by atoms with Gasteiger partial charge in [0.15, 0.2) is 0 Å². The molecule has 0 fully saturated rings. The summed E-state index contributed by atoms with van der Waals surface area (Å²) < 4.78 is 0. The average Bonchev–Trinajstić information content (AvgIpc) is 2.18. The number of carbonyl (C=O) groups excluding carboxylic acids is 1. The Morgan fingerprint density at radius 1 is 0.944 bits per heavy atom. The van der Waals surface area contributed by atoms with E-state index in [0.29, 0.717) is 6.54 Å². The molecule has 0 saturated carbocycles. The number of rotatable bonds is 6. The molecule has 0 saturated heterocycles. The van der Waals surface area contributed by atoms with Crippen molar-refractivity contribution in [3.8, 4) is 0 Å². The Hall–Kier alpha value is 1.57. The molecular weight excluding hydrogens is 398 g/mol. The zero-order chi connectivity index (χ0) is 12.8. The van der Waals surface area contributed by atoms with Gasteiger partial charge in [-0.2, -0.15) is 0 Å². The minimum atomic E-state index is -0.0570. The molecule has 0 aromatic rings. The molecule has 0 spiro atoms. The maximum absolute atomic E-state index is 10.2. The summed E-state index contributed by atoms with van der Waals surface area (Å²) in [5.41, 5.74) is 0. The Morgan fingerprint density at radius 3 is 1.61 bits per heavy atom. The van der Waals surface area contributed by atoms with Crippen LogP contribution in [-0.2, 0) is 70.2 Å². The van der Waals surface area contributed by atoms with Crippen LogP contribution in [0.4, 0.5) is 0 Å². The normalized spacial score (nSPS) is 7.78. The predicted molar refractivity (Wildman–Crippen MR) is 75.2 cm³/mol.